The molecule has 0 spiro atoms. The Morgan fingerprint density at radius 1 is 1.18 bits per heavy atom. The molecular formula is C22H30N4O7S. The number of benzene rings is 2. The molecule has 0 fully saturated rings. The number of non-ortho nitro benzene ring substituents is 1. The predicted molar refractivity (Wildman–Crippen MR) is 134 cm³/mol. The Hall–Kier alpha value is -3.22. The first kappa shape index (κ1) is 27.0. The highest BCUT2D eigenvalue weighted by atomic mass is 32.2. The van der Waals surface area contributed by atoms with Crippen LogP contribution in [0.4, 0.5) is 11.4 Å². The maximum absolute atomic E-state index is 13.3. The largest absolute Gasteiger partial charge is 0.494 e. The van der Waals surface area contributed by atoms with Crippen LogP contribution in [0.25, 0.3) is 21.8 Å². The first-order chi connectivity index (χ1) is 16.0. The number of hydrogen-bond acceptors (Lipinski definition) is 8. The van der Waals surface area contributed by atoms with Crippen LogP contribution >= 0.6 is 0 Å². The van der Waals surface area contributed by atoms with Gasteiger partial charge in [-0.1, -0.05) is 13.8 Å². The van der Waals surface area contributed by atoms with Gasteiger partial charge in [0.2, 0.25) is 0 Å². The number of aromatic nitrogens is 1. The molecule has 3 N–H and O–H groups in total. The van der Waals surface area contributed by atoms with Gasteiger partial charge in [0.15, 0.2) is 5.43 Å². The molecule has 0 saturated heterocycles. The van der Waals surface area contributed by atoms with Gasteiger partial charge in [-0.2, -0.15) is 8.42 Å². The number of nitro benzene ring substituents is 1. The highest BCUT2D eigenvalue weighted by Gasteiger charge is 2.19. The average Bonchev–Trinajstić information content (AvgIpc) is 2.76. The van der Waals surface area contributed by atoms with E-state index >= 15 is 0 Å². The van der Waals surface area contributed by atoms with Gasteiger partial charge in [0.25, 0.3) is 15.8 Å². The number of ether oxygens (including phenoxy) is 1. The van der Waals surface area contributed by atoms with Crippen LogP contribution in [-0.4, -0.2) is 66.8 Å². The number of nitrogens with one attached hydrogen (secondary N) is 2. The van der Waals surface area contributed by atoms with Crippen LogP contribution in [0, 0.1) is 10.1 Å². The van der Waals surface area contributed by atoms with Crippen molar-refractivity contribution in [2.45, 2.75) is 20.8 Å². The molecule has 12 heteroatoms. The molecule has 3 rings (SSSR count). The number of pyridine rings is 1. The molecule has 0 aliphatic heterocycles. The monoisotopic (exact) mass is 494 g/mol. The molecule has 11 nitrogen and oxygen atoms in total. The minimum absolute atomic E-state index is 0.123. The van der Waals surface area contributed by atoms with Crippen molar-refractivity contribution >= 4 is 43.3 Å². The highest BCUT2D eigenvalue weighted by molar-refractivity contribution is 7.85. The first-order valence-corrected chi connectivity index (χ1v) is 12.6. The Morgan fingerprint density at radius 3 is 2.38 bits per heavy atom. The van der Waals surface area contributed by atoms with E-state index in [0.29, 0.717) is 47.1 Å². The van der Waals surface area contributed by atoms with E-state index in [-0.39, 0.29) is 16.6 Å². The summed E-state index contributed by atoms with van der Waals surface area (Å²) in [5.41, 5.74) is 0.966. The van der Waals surface area contributed by atoms with Gasteiger partial charge in [-0.15, -0.1) is 0 Å². The second-order valence-electron chi connectivity index (χ2n) is 7.42. The fraction of sp³-hybridized carbons (Fsp3) is 0.409. The number of H-pyrrole nitrogens is 1. The van der Waals surface area contributed by atoms with Crippen LogP contribution < -0.4 is 15.5 Å². The summed E-state index contributed by atoms with van der Waals surface area (Å²) >= 11 is 0. The van der Waals surface area contributed by atoms with E-state index < -0.39 is 15.0 Å². The SMILES string of the molecule is CCOc1ccc2[nH]c3c([N+](=O)[O-])ccc(NCCN(CC)CC)c3c(=O)c2c1.CS(=O)(=O)O. The lowest BCUT2D eigenvalue weighted by atomic mass is 10.1. The van der Waals surface area contributed by atoms with Crippen molar-refractivity contribution in [3.63, 3.8) is 0 Å². The van der Waals surface area contributed by atoms with Crippen molar-refractivity contribution in [2.75, 3.05) is 44.4 Å². The summed E-state index contributed by atoms with van der Waals surface area (Å²) < 4.78 is 31.4. The van der Waals surface area contributed by atoms with Gasteiger partial charge >= 0.3 is 0 Å². The third-order valence-electron chi connectivity index (χ3n) is 5.05. The summed E-state index contributed by atoms with van der Waals surface area (Å²) in [5.74, 6) is 0.589. The standard InChI is InChI=1S/C21H26N4O4.CH4O3S/c1-4-24(5-2)12-11-22-17-9-10-18(25(27)28)20-19(17)21(26)15-13-14(29-6-3)7-8-16(15)23-20;1-5(2,3)4/h7-10,13,22H,4-6,11-12H2,1-3H3,(H,23,26);1H3,(H,2,3,4). The smallest absolute Gasteiger partial charge is 0.293 e. The first-order valence-electron chi connectivity index (χ1n) is 10.8. The lowest BCUT2D eigenvalue weighted by Gasteiger charge is -2.19. The average molecular weight is 495 g/mol. The Labute approximate surface area is 197 Å². The molecule has 1 aromatic heterocycles. The summed E-state index contributed by atoms with van der Waals surface area (Å²) in [4.78, 5) is 29.7. The van der Waals surface area contributed by atoms with E-state index in [4.69, 9.17) is 9.29 Å². The van der Waals surface area contributed by atoms with E-state index in [1.165, 1.54) is 6.07 Å². The van der Waals surface area contributed by atoms with Gasteiger partial charge in [0.1, 0.15) is 11.3 Å². The van der Waals surface area contributed by atoms with E-state index in [1.807, 2.05) is 6.92 Å². The minimum atomic E-state index is -3.67. The molecule has 0 unspecified atom stereocenters. The summed E-state index contributed by atoms with van der Waals surface area (Å²) in [6.45, 7) is 9.86. The van der Waals surface area contributed by atoms with E-state index in [2.05, 4.69) is 29.0 Å². The molecule has 0 bridgehead atoms. The maximum Gasteiger partial charge on any atom is 0.293 e. The second kappa shape index (κ2) is 11.8. The molecule has 1 heterocycles. The van der Waals surface area contributed by atoms with E-state index in [9.17, 15) is 23.3 Å². The molecule has 2 aromatic carbocycles. The molecule has 0 radical (unpaired) electrons. The summed E-state index contributed by atoms with van der Waals surface area (Å²) in [5, 5.41) is 15.5. The van der Waals surface area contributed by atoms with Crippen molar-refractivity contribution in [2.24, 2.45) is 0 Å². The van der Waals surface area contributed by atoms with Crippen LogP contribution in [0.15, 0.2) is 35.1 Å². The lowest BCUT2D eigenvalue weighted by molar-refractivity contribution is -0.383. The van der Waals surface area contributed by atoms with Crippen molar-refractivity contribution in [1.29, 1.82) is 0 Å². The second-order valence-corrected chi connectivity index (χ2v) is 8.89. The number of fused-ring (bicyclic) bond motifs is 2. The Morgan fingerprint density at radius 2 is 1.82 bits per heavy atom. The molecule has 0 saturated carbocycles. The van der Waals surface area contributed by atoms with Gasteiger partial charge in [0.05, 0.1) is 28.7 Å². The zero-order valence-corrected chi connectivity index (χ0v) is 20.4. The van der Waals surface area contributed by atoms with Crippen LogP contribution in [0.2, 0.25) is 0 Å². The van der Waals surface area contributed by atoms with Crippen molar-refractivity contribution in [3.8, 4) is 5.75 Å². The van der Waals surface area contributed by atoms with Crippen molar-refractivity contribution < 1.29 is 22.6 Å². The number of anilines is 1. The van der Waals surface area contributed by atoms with Crippen molar-refractivity contribution in [1.82, 2.24) is 9.88 Å². The summed E-state index contributed by atoms with van der Waals surface area (Å²) in [6.07, 6.45) is 0.715. The Balaban J connectivity index is 0.000000739. The van der Waals surface area contributed by atoms with Gasteiger partial charge in [-0.3, -0.25) is 19.5 Å². The number of rotatable bonds is 9. The van der Waals surface area contributed by atoms with Gasteiger partial charge in [0, 0.05) is 30.2 Å². The highest BCUT2D eigenvalue weighted by Crippen LogP contribution is 2.30. The van der Waals surface area contributed by atoms with E-state index in [0.717, 1.165) is 19.6 Å². The number of hydrogen-bond donors (Lipinski definition) is 3. The quantitative estimate of drug-likeness (QED) is 0.176. The van der Waals surface area contributed by atoms with Crippen LogP contribution in [0.5, 0.6) is 5.75 Å². The Kier molecular flexibility index (Phi) is 9.36. The molecule has 0 aliphatic rings. The van der Waals surface area contributed by atoms with Crippen LogP contribution in [0.3, 0.4) is 0 Å². The molecular weight excluding hydrogens is 464 g/mol. The molecule has 0 atom stereocenters. The fourth-order valence-electron chi connectivity index (χ4n) is 3.49. The zero-order chi connectivity index (χ0) is 25.5. The normalized spacial score (nSPS) is 11.4. The van der Waals surface area contributed by atoms with Crippen LogP contribution in [0.1, 0.15) is 20.8 Å². The molecule has 0 amide bonds. The number of aromatic amines is 1. The zero-order valence-electron chi connectivity index (χ0n) is 19.6. The van der Waals surface area contributed by atoms with Gasteiger partial charge in [-0.25, -0.2) is 0 Å². The van der Waals surface area contributed by atoms with Gasteiger partial charge < -0.3 is 19.9 Å². The number of nitro groups is 1. The topological polar surface area (TPSA) is 155 Å². The number of nitrogens with zero attached hydrogens (tertiary/aromatic N) is 2. The van der Waals surface area contributed by atoms with Gasteiger partial charge in [-0.05, 0) is 44.3 Å². The molecule has 3 aromatic rings. The van der Waals surface area contributed by atoms with E-state index in [1.54, 1.807) is 24.3 Å². The third-order valence-corrected chi connectivity index (χ3v) is 5.05. The maximum atomic E-state index is 13.3. The third kappa shape index (κ3) is 7.14. The molecule has 0 aliphatic carbocycles. The summed E-state index contributed by atoms with van der Waals surface area (Å²) in [7, 11) is -3.67. The predicted octanol–water partition coefficient (Wildman–Crippen LogP) is 3.25. The minimum Gasteiger partial charge on any atom is -0.494 e. The van der Waals surface area contributed by atoms with Crippen LogP contribution in [-0.2, 0) is 10.1 Å². The Bertz CT molecular complexity index is 1310. The lowest BCUT2D eigenvalue weighted by Crippen LogP contribution is -2.28. The number of likely N-dealkylation sites (N-methyl/N-ethyl adjacent to an activating group) is 1. The molecule has 34 heavy (non-hydrogen) atoms. The molecule has 186 valence electrons. The fourth-order valence-corrected chi connectivity index (χ4v) is 3.49. The van der Waals surface area contributed by atoms with Crippen molar-refractivity contribution in [3.05, 3.63) is 50.7 Å². The summed E-state index contributed by atoms with van der Waals surface area (Å²) in [6, 6.07) is 8.17.